The first-order valence-electron chi connectivity index (χ1n) is 8.39. The molecule has 1 unspecified atom stereocenters. The van der Waals surface area contributed by atoms with Gasteiger partial charge in [-0.25, -0.2) is 0 Å². The van der Waals surface area contributed by atoms with Crippen LogP contribution in [0, 0.1) is 0 Å². The first-order chi connectivity index (χ1) is 10.3. The largest absolute Gasteiger partial charge is 0.198 e. The van der Waals surface area contributed by atoms with Crippen LogP contribution in [0.15, 0.2) is 54.9 Å². The van der Waals surface area contributed by atoms with Crippen LogP contribution in [-0.2, 0) is 6.42 Å². The highest BCUT2D eigenvalue weighted by Gasteiger charge is 2.17. The Labute approximate surface area is 129 Å². The van der Waals surface area contributed by atoms with Crippen molar-refractivity contribution in [1.82, 2.24) is 0 Å². The Balaban J connectivity index is 2.00. The van der Waals surface area contributed by atoms with Crippen molar-refractivity contribution in [3.63, 3.8) is 0 Å². The van der Waals surface area contributed by atoms with Crippen molar-refractivity contribution >= 4 is 0 Å². The Kier molecular flexibility index (Phi) is 6.46. The molecule has 0 amide bonds. The maximum Gasteiger partial charge on any atom is 0.183 e. The second-order valence-electron chi connectivity index (χ2n) is 5.80. The van der Waals surface area contributed by atoms with Gasteiger partial charge in [0.2, 0.25) is 0 Å². The van der Waals surface area contributed by atoms with Crippen LogP contribution in [0.5, 0.6) is 0 Å². The number of unbranched alkanes of at least 4 members (excludes halogenated alkanes) is 3. The lowest BCUT2D eigenvalue weighted by molar-refractivity contribution is -0.714. The molecule has 1 aromatic carbocycles. The standard InChI is InChI=1S/C20H28N/c1-3-5-6-8-11-18-14-16-21(17-15-18)20(4-2)19-12-9-7-10-13-19/h7,9-10,12-17,20H,3-6,8,11H2,1-2H3/q+1. The summed E-state index contributed by atoms with van der Waals surface area (Å²) in [5.41, 5.74) is 2.85. The van der Waals surface area contributed by atoms with E-state index in [1.807, 2.05) is 0 Å². The van der Waals surface area contributed by atoms with Crippen LogP contribution in [0.4, 0.5) is 0 Å². The SMILES string of the molecule is CCCCCCc1cc[n+](C(CC)c2ccccc2)cc1. The first kappa shape index (κ1) is 15.8. The van der Waals surface area contributed by atoms with Crippen LogP contribution in [0.25, 0.3) is 0 Å². The van der Waals surface area contributed by atoms with E-state index in [2.05, 4.69) is 73.3 Å². The van der Waals surface area contributed by atoms with Gasteiger partial charge in [0, 0.05) is 24.1 Å². The second-order valence-corrected chi connectivity index (χ2v) is 5.80. The summed E-state index contributed by atoms with van der Waals surface area (Å²) in [6.07, 6.45) is 12.2. The van der Waals surface area contributed by atoms with Gasteiger partial charge in [-0.15, -0.1) is 0 Å². The van der Waals surface area contributed by atoms with Crippen LogP contribution >= 0.6 is 0 Å². The third-order valence-electron chi connectivity index (χ3n) is 4.17. The molecule has 2 rings (SSSR count). The number of nitrogens with zero attached hydrogens (tertiary/aromatic N) is 1. The lowest BCUT2D eigenvalue weighted by atomic mass is 10.0. The van der Waals surface area contributed by atoms with Crippen molar-refractivity contribution in [3.8, 4) is 0 Å². The smallest absolute Gasteiger partial charge is 0.183 e. The van der Waals surface area contributed by atoms with Crippen LogP contribution in [-0.4, -0.2) is 0 Å². The molecule has 1 heterocycles. The van der Waals surface area contributed by atoms with Gasteiger partial charge in [0.25, 0.3) is 0 Å². The maximum atomic E-state index is 2.34. The van der Waals surface area contributed by atoms with Crippen LogP contribution in [0.1, 0.15) is 63.1 Å². The van der Waals surface area contributed by atoms with Crippen molar-refractivity contribution < 1.29 is 4.57 Å². The van der Waals surface area contributed by atoms with Crippen molar-refractivity contribution in [2.24, 2.45) is 0 Å². The van der Waals surface area contributed by atoms with E-state index in [0.717, 1.165) is 6.42 Å². The zero-order valence-corrected chi connectivity index (χ0v) is 13.5. The van der Waals surface area contributed by atoms with Gasteiger partial charge < -0.3 is 0 Å². The third kappa shape index (κ3) is 4.70. The van der Waals surface area contributed by atoms with Crippen molar-refractivity contribution in [1.29, 1.82) is 0 Å². The molecule has 1 nitrogen and oxygen atoms in total. The highest BCUT2D eigenvalue weighted by molar-refractivity contribution is 5.17. The van der Waals surface area contributed by atoms with E-state index in [4.69, 9.17) is 0 Å². The van der Waals surface area contributed by atoms with E-state index in [1.54, 1.807) is 0 Å². The van der Waals surface area contributed by atoms with Gasteiger partial charge in [0.1, 0.15) is 0 Å². The molecule has 1 heteroatoms. The highest BCUT2D eigenvalue weighted by atomic mass is 15.0. The molecule has 112 valence electrons. The molecule has 0 N–H and O–H groups in total. The summed E-state index contributed by atoms with van der Waals surface area (Å²) in [5, 5.41) is 0. The first-order valence-corrected chi connectivity index (χ1v) is 8.39. The summed E-state index contributed by atoms with van der Waals surface area (Å²) in [5.74, 6) is 0. The molecule has 0 aliphatic carbocycles. The Morgan fingerprint density at radius 1 is 0.857 bits per heavy atom. The van der Waals surface area contributed by atoms with E-state index in [0.29, 0.717) is 6.04 Å². The molecular weight excluding hydrogens is 254 g/mol. The van der Waals surface area contributed by atoms with Crippen LogP contribution in [0.3, 0.4) is 0 Å². The summed E-state index contributed by atoms with van der Waals surface area (Å²) in [7, 11) is 0. The molecule has 0 spiro atoms. The second kappa shape index (κ2) is 8.61. The predicted molar refractivity (Wildman–Crippen MR) is 89.4 cm³/mol. The van der Waals surface area contributed by atoms with E-state index >= 15 is 0 Å². The molecule has 2 aromatic rings. The molecule has 0 aliphatic rings. The molecule has 1 aromatic heterocycles. The zero-order valence-electron chi connectivity index (χ0n) is 13.5. The van der Waals surface area contributed by atoms with E-state index < -0.39 is 0 Å². The number of hydrogen-bond donors (Lipinski definition) is 0. The van der Waals surface area contributed by atoms with Gasteiger partial charge in [0.15, 0.2) is 18.4 Å². The predicted octanol–water partition coefficient (Wildman–Crippen LogP) is 5.10. The van der Waals surface area contributed by atoms with Gasteiger partial charge in [-0.05, 0) is 18.4 Å². The number of rotatable bonds is 8. The maximum absolute atomic E-state index is 2.34. The van der Waals surface area contributed by atoms with Crippen LogP contribution in [0.2, 0.25) is 0 Å². The summed E-state index contributed by atoms with van der Waals surface area (Å²) in [4.78, 5) is 0. The van der Waals surface area contributed by atoms with Crippen molar-refractivity contribution in [2.75, 3.05) is 0 Å². The van der Waals surface area contributed by atoms with Gasteiger partial charge in [-0.1, -0.05) is 63.4 Å². The number of hydrogen-bond acceptors (Lipinski definition) is 0. The average Bonchev–Trinajstić information content (AvgIpc) is 2.55. The molecule has 0 bridgehead atoms. The molecule has 0 saturated heterocycles. The summed E-state index contributed by atoms with van der Waals surface area (Å²) in [6, 6.07) is 15.8. The summed E-state index contributed by atoms with van der Waals surface area (Å²) < 4.78 is 2.34. The Morgan fingerprint density at radius 2 is 1.57 bits per heavy atom. The van der Waals surface area contributed by atoms with Crippen LogP contribution < -0.4 is 4.57 Å². The summed E-state index contributed by atoms with van der Waals surface area (Å²) in [6.45, 7) is 4.52. The van der Waals surface area contributed by atoms with Gasteiger partial charge in [0.05, 0.1) is 0 Å². The fourth-order valence-electron chi connectivity index (χ4n) is 2.89. The summed E-state index contributed by atoms with van der Waals surface area (Å²) >= 11 is 0. The molecular formula is C20H28N+. The van der Waals surface area contributed by atoms with E-state index in [1.165, 1.54) is 43.2 Å². The quantitative estimate of drug-likeness (QED) is 0.468. The minimum atomic E-state index is 0.445. The molecule has 21 heavy (non-hydrogen) atoms. The number of aryl methyl sites for hydroxylation is 1. The van der Waals surface area contributed by atoms with Gasteiger partial charge in [-0.2, -0.15) is 4.57 Å². The van der Waals surface area contributed by atoms with Crippen molar-refractivity contribution in [2.45, 2.75) is 58.4 Å². The fraction of sp³-hybridized carbons (Fsp3) is 0.450. The third-order valence-corrected chi connectivity index (χ3v) is 4.17. The van der Waals surface area contributed by atoms with Gasteiger partial charge in [-0.3, -0.25) is 0 Å². The minimum Gasteiger partial charge on any atom is -0.198 e. The molecule has 0 saturated carbocycles. The Morgan fingerprint density at radius 3 is 2.19 bits per heavy atom. The Bertz CT molecular complexity index is 501. The monoisotopic (exact) mass is 282 g/mol. The molecule has 0 radical (unpaired) electrons. The molecule has 0 fully saturated rings. The minimum absolute atomic E-state index is 0.445. The lowest BCUT2D eigenvalue weighted by Crippen LogP contribution is -2.39. The fourth-order valence-corrected chi connectivity index (χ4v) is 2.89. The normalized spacial score (nSPS) is 12.3. The van der Waals surface area contributed by atoms with E-state index in [-0.39, 0.29) is 0 Å². The lowest BCUT2D eigenvalue weighted by Gasteiger charge is -2.11. The highest BCUT2D eigenvalue weighted by Crippen LogP contribution is 2.15. The molecule has 0 aliphatic heterocycles. The number of benzene rings is 1. The number of aromatic nitrogens is 1. The van der Waals surface area contributed by atoms with Crippen molar-refractivity contribution in [3.05, 3.63) is 66.0 Å². The van der Waals surface area contributed by atoms with E-state index in [9.17, 15) is 0 Å². The topological polar surface area (TPSA) is 3.88 Å². The van der Waals surface area contributed by atoms with Gasteiger partial charge >= 0.3 is 0 Å². The number of pyridine rings is 1. The average molecular weight is 282 g/mol. The Hall–Kier alpha value is -1.63. The zero-order chi connectivity index (χ0) is 14.9. The molecule has 1 atom stereocenters.